The third-order valence-corrected chi connectivity index (χ3v) is 3.11. The van der Waals surface area contributed by atoms with Crippen molar-refractivity contribution in [2.45, 2.75) is 19.9 Å². The van der Waals surface area contributed by atoms with Crippen molar-refractivity contribution in [3.05, 3.63) is 23.8 Å². The van der Waals surface area contributed by atoms with Crippen molar-refractivity contribution in [3.8, 4) is 5.75 Å². The van der Waals surface area contributed by atoms with E-state index in [9.17, 15) is 4.79 Å². The minimum Gasteiger partial charge on any atom is -0.497 e. The smallest absolute Gasteiger partial charge is 0.251 e. The fraction of sp³-hybridized carbons (Fsp3) is 0.533. The van der Waals surface area contributed by atoms with Crippen molar-refractivity contribution < 1.29 is 9.53 Å². The predicted molar refractivity (Wildman–Crippen MR) is 82.1 cm³/mol. The number of amides is 1. The van der Waals surface area contributed by atoms with Crippen LogP contribution in [0.25, 0.3) is 0 Å². The number of ether oxygens (including phenoxy) is 1. The lowest BCUT2D eigenvalue weighted by molar-refractivity contribution is 0.0916. The summed E-state index contributed by atoms with van der Waals surface area (Å²) < 4.78 is 5.13. The first-order valence-electron chi connectivity index (χ1n) is 6.73. The molecule has 0 saturated carbocycles. The molecule has 0 spiro atoms. The Kier molecular flexibility index (Phi) is 5.82. The van der Waals surface area contributed by atoms with Gasteiger partial charge < -0.3 is 20.7 Å². The Labute approximate surface area is 121 Å². The van der Waals surface area contributed by atoms with Gasteiger partial charge >= 0.3 is 0 Å². The Balaban J connectivity index is 2.85. The first kappa shape index (κ1) is 16.3. The van der Waals surface area contributed by atoms with Crippen LogP contribution in [-0.2, 0) is 0 Å². The van der Waals surface area contributed by atoms with Crippen LogP contribution in [0, 0.1) is 5.92 Å². The van der Waals surface area contributed by atoms with Gasteiger partial charge in [0.1, 0.15) is 5.75 Å². The first-order valence-corrected chi connectivity index (χ1v) is 6.73. The number of carbonyl (C=O) groups is 1. The molecule has 20 heavy (non-hydrogen) atoms. The molecule has 1 rings (SSSR count). The molecule has 1 aromatic rings. The maximum absolute atomic E-state index is 12.3. The molecular formula is C15H25N3O2. The summed E-state index contributed by atoms with van der Waals surface area (Å²) in [6, 6.07) is 5.13. The van der Waals surface area contributed by atoms with Crippen LogP contribution in [0.5, 0.6) is 5.75 Å². The molecule has 0 aliphatic carbocycles. The number of benzene rings is 1. The van der Waals surface area contributed by atoms with E-state index in [2.05, 4.69) is 24.1 Å². The molecule has 0 heterocycles. The van der Waals surface area contributed by atoms with E-state index in [0.717, 1.165) is 6.54 Å². The van der Waals surface area contributed by atoms with Gasteiger partial charge in [-0.05, 0) is 32.1 Å². The number of methoxy groups -OCH3 is 1. The zero-order valence-electron chi connectivity index (χ0n) is 12.9. The first-order chi connectivity index (χ1) is 9.33. The molecule has 0 radical (unpaired) electrons. The number of nitrogens with zero attached hydrogens (tertiary/aromatic N) is 1. The van der Waals surface area contributed by atoms with Gasteiger partial charge in [0.25, 0.3) is 5.91 Å². The van der Waals surface area contributed by atoms with Crippen LogP contribution in [0.15, 0.2) is 18.2 Å². The highest BCUT2D eigenvalue weighted by molar-refractivity contribution is 5.95. The molecule has 3 N–H and O–H groups in total. The molecule has 0 aliphatic heterocycles. The van der Waals surface area contributed by atoms with E-state index in [0.29, 0.717) is 22.9 Å². The summed E-state index contributed by atoms with van der Waals surface area (Å²) in [7, 11) is 5.54. The number of nitrogens with one attached hydrogen (secondary N) is 1. The summed E-state index contributed by atoms with van der Waals surface area (Å²) in [6.07, 6.45) is 0. The van der Waals surface area contributed by atoms with Crippen molar-refractivity contribution in [2.24, 2.45) is 5.92 Å². The summed E-state index contributed by atoms with van der Waals surface area (Å²) in [5, 5.41) is 3.05. The highest BCUT2D eigenvalue weighted by Gasteiger charge is 2.18. The molecule has 0 saturated heterocycles. The molecule has 1 amide bonds. The van der Waals surface area contributed by atoms with Gasteiger partial charge in [0, 0.05) is 29.9 Å². The van der Waals surface area contributed by atoms with Crippen molar-refractivity contribution in [1.82, 2.24) is 10.2 Å². The molecule has 0 aliphatic rings. The van der Waals surface area contributed by atoms with Crippen LogP contribution in [0.4, 0.5) is 5.69 Å². The second-order valence-electron chi connectivity index (χ2n) is 5.58. The van der Waals surface area contributed by atoms with Gasteiger partial charge in [-0.2, -0.15) is 0 Å². The number of nitrogen functional groups attached to an aromatic ring is 1. The molecule has 1 aromatic carbocycles. The van der Waals surface area contributed by atoms with E-state index < -0.39 is 0 Å². The van der Waals surface area contributed by atoms with Crippen LogP contribution in [0.2, 0.25) is 0 Å². The second-order valence-corrected chi connectivity index (χ2v) is 5.58. The number of rotatable bonds is 6. The normalized spacial score (nSPS) is 12.6. The van der Waals surface area contributed by atoms with Gasteiger partial charge in [-0.25, -0.2) is 0 Å². The third-order valence-electron chi connectivity index (χ3n) is 3.11. The van der Waals surface area contributed by atoms with Gasteiger partial charge in [0.2, 0.25) is 0 Å². The largest absolute Gasteiger partial charge is 0.497 e. The van der Waals surface area contributed by atoms with Gasteiger partial charge in [-0.3, -0.25) is 4.79 Å². The topological polar surface area (TPSA) is 67.6 Å². The lowest BCUT2D eigenvalue weighted by atomic mass is 10.0. The van der Waals surface area contributed by atoms with E-state index in [-0.39, 0.29) is 11.9 Å². The highest BCUT2D eigenvalue weighted by Crippen LogP contribution is 2.18. The fourth-order valence-corrected chi connectivity index (χ4v) is 1.94. The number of anilines is 1. The van der Waals surface area contributed by atoms with Crippen LogP contribution in [0.1, 0.15) is 24.2 Å². The molecule has 1 unspecified atom stereocenters. The number of nitrogens with two attached hydrogens (primary N) is 1. The van der Waals surface area contributed by atoms with Crippen LogP contribution < -0.4 is 15.8 Å². The summed E-state index contributed by atoms with van der Waals surface area (Å²) in [6.45, 7) is 4.98. The number of hydrogen-bond acceptors (Lipinski definition) is 4. The molecule has 0 fully saturated rings. The molecule has 1 atom stereocenters. The average molecular weight is 279 g/mol. The summed E-state index contributed by atoms with van der Waals surface area (Å²) in [4.78, 5) is 14.4. The van der Waals surface area contributed by atoms with E-state index in [4.69, 9.17) is 10.5 Å². The molecule has 112 valence electrons. The molecule has 5 nitrogen and oxygen atoms in total. The number of likely N-dealkylation sites (N-methyl/N-ethyl adjacent to an activating group) is 1. The Hall–Kier alpha value is -1.75. The third kappa shape index (κ3) is 4.74. The summed E-state index contributed by atoms with van der Waals surface area (Å²) in [5.41, 5.74) is 6.81. The van der Waals surface area contributed by atoms with Gasteiger partial charge in [0.15, 0.2) is 0 Å². The second kappa shape index (κ2) is 7.14. The minimum absolute atomic E-state index is 0.0879. The predicted octanol–water partition coefficient (Wildman–Crippen LogP) is 1.59. The van der Waals surface area contributed by atoms with Crippen molar-refractivity contribution in [2.75, 3.05) is 33.5 Å². The lowest BCUT2D eigenvalue weighted by Crippen LogP contribution is -2.45. The SMILES string of the molecule is COc1cc(N)cc(C(=O)NC(CN(C)C)C(C)C)c1. The number of hydrogen-bond donors (Lipinski definition) is 2. The van der Waals surface area contributed by atoms with E-state index in [1.54, 1.807) is 25.3 Å². The Morgan fingerprint density at radius 1 is 1.35 bits per heavy atom. The highest BCUT2D eigenvalue weighted by atomic mass is 16.5. The van der Waals surface area contributed by atoms with Crippen LogP contribution in [0.3, 0.4) is 0 Å². The quantitative estimate of drug-likeness (QED) is 0.776. The van der Waals surface area contributed by atoms with E-state index >= 15 is 0 Å². The molecule has 0 aromatic heterocycles. The maximum atomic E-state index is 12.3. The standard InChI is InChI=1S/C15H25N3O2/c1-10(2)14(9-18(3)4)17-15(19)11-6-12(16)8-13(7-11)20-5/h6-8,10,14H,9,16H2,1-5H3,(H,17,19). The Morgan fingerprint density at radius 3 is 2.50 bits per heavy atom. The number of carbonyl (C=O) groups excluding carboxylic acids is 1. The Bertz CT molecular complexity index is 458. The zero-order valence-corrected chi connectivity index (χ0v) is 12.9. The van der Waals surface area contributed by atoms with Crippen molar-refractivity contribution in [1.29, 1.82) is 0 Å². The lowest BCUT2D eigenvalue weighted by Gasteiger charge is -2.25. The fourth-order valence-electron chi connectivity index (χ4n) is 1.94. The molecular weight excluding hydrogens is 254 g/mol. The summed E-state index contributed by atoms with van der Waals surface area (Å²) >= 11 is 0. The van der Waals surface area contributed by atoms with Crippen molar-refractivity contribution in [3.63, 3.8) is 0 Å². The van der Waals surface area contributed by atoms with E-state index in [1.807, 2.05) is 14.1 Å². The molecule has 0 bridgehead atoms. The monoisotopic (exact) mass is 279 g/mol. The van der Waals surface area contributed by atoms with Gasteiger partial charge in [-0.1, -0.05) is 13.8 Å². The van der Waals surface area contributed by atoms with Gasteiger partial charge in [0.05, 0.1) is 7.11 Å². The van der Waals surface area contributed by atoms with Crippen LogP contribution >= 0.6 is 0 Å². The van der Waals surface area contributed by atoms with Gasteiger partial charge in [-0.15, -0.1) is 0 Å². The minimum atomic E-state index is -0.129. The van der Waals surface area contributed by atoms with Crippen LogP contribution in [-0.4, -0.2) is 44.6 Å². The average Bonchev–Trinajstić information content (AvgIpc) is 2.36. The summed E-state index contributed by atoms with van der Waals surface area (Å²) in [5.74, 6) is 0.810. The molecule has 5 heteroatoms. The zero-order chi connectivity index (χ0) is 15.3. The van der Waals surface area contributed by atoms with Crippen molar-refractivity contribution >= 4 is 11.6 Å². The maximum Gasteiger partial charge on any atom is 0.251 e. The Morgan fingerprint density at radius 2 is 2.00 bits per heavy atom. The van der Waals surface area contributed by atoms with E-state index in [1.165, 1.54) is 0 Å².